The van der Waals surface area contributed by atoms with Gasteiger partial charge >= 0.3 is 0 Å². The SMILES string of the molecule is Cc1cc(CC(=O)Nc2cc(C3(C(=O)NC(C)C)CCCCC3)n(C(C)(C)C)n2)on1. The van der Waals surface area contributed by atoms with Crippen molar-refractivity contribution in [2.24, 2.45) is 0 Å². The van der Waals surface area contributed by atoms with Gasteiger partial charge < -0.3 is 15.2 Å². The molecule has 0 unspecified atom stereocenters. The van der Waals surface area contributed by atoms with Crippen LogP contribution < -0.4 is 10.6 Å². The number of hydrogen-bond acceptors (Lipinski definition) is 5. The van der Waals surface area contributed by atoms with Gasteiger partial charge in [-0.05, 0) is 54.4 Å². The summed E-state index contributed by atoms with van der Waals surface area (Å²) < 4.78 is 7.06. The Morgan fingerprint density at radius 1 is 1.19 bits per heavy atom. The highest BCUT2D eigenvalue weighted by Crippen LogP contribution is 2.42. The lowest BCUT2D eigenvalue weighted by molar-refractivity contribution is -0.129. The van der Waals surface area contributed by atoms with E-state index in [0.717, 1.165) is 43.5 Å². The zero-order valence-electron chi connectivity index (χ0n) is 19.5. The molecule has 3 rings (SSSR count). The van der Waals surface area contributed by atoms with Crippen molar-refractivity contribution >= 4 is 17.6 Å². The number of carbonyl (C=O) groups is 2. The van der Waals surface area contributed by atoms with E-state index < -0.39 is 5.41 Å². The lowest BCUT2D eigenvalue weighted by atomic mass is 9.70. The summed E-state index contributed by atoms with van der Waals surface area (Å²) in [5.41, 5.74) is 0.609. The molecule has 0 spiro atoms. The number of amides is 2. The van der Waals surface area contributed by atoms with Crippen LogP contribution in [0.3, 0.4) is 0 Å². The van der Waals surface area contributed by atoms with E-state index >= 15 is 0 Å². The minimum atomic E-state index is -0.645. The minimum absolute atomic E-state index is 0.0441. The maximum absolute atomic E-state index is 13.4. The molecule has 1 fully saturated rings. The van der Waals surface area contributed by atoms with Gasteiger partial charge in [-0.15, -0.1) is 0 Å². The first-order valence-electron chi connectivity index (χ1n) is 11.2. The Labute approximate surface area is 184 Å². The first kappa shape index (κ1) is 23.0. The summed E-state index contributed by atoms with van der Waals surface area (Å²) in [7, 11) is 0. The van der Waals surface area contributed by atoms with Crippen LogP contribution in [0.15, 0.2) is 16.7 Å². The van der Waals surface area contributed by atoms with Crippen molar-refractivity contribution in [3.05, 3.63) is 29.3 Å². The summed E-state index contributed by atoms with van der Waals surface area (Å²) in [6.07, 6.45) is 4.74. The van der Waals surface area contributed by atoms with Crippen molar-refractivity contribution in [1.29, 1.82) is 0 Å². The molecule has 8 heteroatoms. The average molecular weight is 430 g/mol. The normalized spacial score (nSPS) is 16.4. The van der Waals surface area contributed by atoms with E-state index in [1.807, 2.05) is 31.5 Å². The fraction of sp³-hybridized carbons (Fsp3) is 0.652. The molecule has 2 aromatic heterocycles. The quantitative estimate of drug-likeness (QED) is 0.726. The molecule has 170 valence electrons. The van der Waals surface area contributed by atoms with Crippen molar-refractivity contribution < 1.29 is 14.1 Å². The molecule has 0 aromatic carbocycles. The Bertz CT molecular complexity index is 929. The van der Waals surface area contributed by atoms with Gasteiger partial charge in [-0.25, -0.2) is 0 Å². The van der Waals surface area contributed by atoms with Crippen molar-refractivity contribution in [3.8, 4) is 0 Å². The second kappa shape index (κ2) is 8.85. The predicted molar refractivity (Wildman–Crippen MR) is 119 cm³/mol. The first-order chi connectivity index (χ1) is 14.5. The van der Waals surface area contributed by atoms with E-state index in [1.54, 1.807) is 6.07 Å². The van der Waals surface area contributed by atoms with Gasteiger partial charge in [-0.2, -0.15) is 5.10 Å². The maximum Gasteiger partial charge on any atom is 0.233 e. The van der Waals surface area contributed by atoms with Gasteiger partial charge in [0.2, 0.25) is 11.8 Å². The molecule has 8 nitrogen and oxygen atoms in total. The Morgan fingerprint density at radius 2 is 1.87 bits per heavy atom. The van der Waals surface area contributed by atoms with Crippen LogP contribution in [0.5, 0.6) is 0 Å². The highest BCUT2D eigenvalue weighted by atomic mass is 16.5. The van der Waals surface area contributed by atoms with Crippen molar-refractivity contribution in [3.63, 3.8) is 0 Å². The molecule has 0 aliphatic heterocycles. The molecule has 0 saturated heterocycles. The van der Waals surface area contributed by atoms with Gasteiger partial charge in [0.05, 0.1) is 28.8 Å². The van der Waals surface area contributed by atoms with Crippen LogP contribution in [0.2, 0.25) is 0 Å². The number of rotatable bonds is 6. The topological polar surface area (TPSA) is 102 Å². The average Bonchev–Trinajstić information content (AvgIpc) is 3.28. The Morgan fingerprint density at radius 3 is 2.42 bits per heavy atom. The molecule has 0 bridgehead atoms. The third kappa shape index (κ3) is 5.17. The second-order valence-corrected chi connectivity index (χ2v) is 9.93. The molecular formula is C23H35N5O3. The number of hydrogen-bond donors (Lipinski definition) is 2. The van der Waals surface area contributed by atoms with Gasteiger partial charge in [-0.1, -0.05) is 24.4 Å². The van der Waals surface area contributed by atoms with Gasteiger partial charge in [0.25, 0.3) is 0 Å². The van der Waals surface area contributed by atoms with Crippen LogP contribution in [0.4, 0.5) is 5.82 Å². The number of aryl methyl sites for hydroxylation is 1. The summed E-state index contributed by atoms with van der Waals surface area (Å²) in [6.45, 7) is 11.9. The number of aromatic nitrogens is 3. The monoisotopic (exact) mass is 429 g/mol. The van der Waals surface area contributed by atoms with Crippen LogP contribution in [-0.2, 0) is 27.0 Å². The Balaban J connectivity index is 1.95. The molecule has 1 saturated carbocycles. The molecule has 2 amide bonds. The van der Waals surface area contributed by atoms with Gasteiger partial charge in [0.1, 0.15) is 5.76 Å². The van der Waals surface area contributed by atoms with Crippen molar-refractivity contribution in [2.75, 3.05) is 5.32 Å². The first-order valence-corrected chi connectivity index (χ1v) is 11.2. The van der Waals surface area contributed by atoms with E-state index in [2.05, 4.69) is 36.6 Å². The Kier molecular flexibility index (Phi) is 6.57. The lowest BCUT2D eigenvalue weighted by Gasteiger charge is -2.38. The fourth-order valence-corrected chi connectivity index (χ4v) is 4.29. The third-order valence-electron chi connectivity index (χ3n) is 5.68. The molecule has 1 aliphatic rings. The van der Waals surface area contributed by atoms with E-state index in [1.165, 1.54) is 0 Å². The zero-order valence-corrected chi connectivity index (χ0v) is 19.5. The minimum Gasteiger partial charge on any atom is -0.361 e. The predicted octanol–water partition coefficient (Wildman–Crippen LogP) is 3.84. The molecule has 2 aromatic rings. The molecule has 2 heterocycles. The van der Waals surface area contributed by atoms with Crippen LogP contribution in [0.1, 0.15) is 83.9 Å². The summed E-state index contributed by atoms with van der Waals surface area (Å²) in [6, 6.07) is 3.67. The molecule has 31 heavy (non-hydrogen) atoms. The van der Waals surface area contributed by atoms with Gasteiger partial charge in [0, 0.05) is 18.2 Å². The van der Waals surface area contributed by atoms with E-state index in [-0.39, 0.29) is 29.8 Å². The number of anilines is 1. The molecule has 0 atom stereocenters. The van der Waals surface area contributed by atoms with Crippen LogP contribution in [0.25, 0.3) is 0 Å². The van der Waals surface area contributed by atoms with E-state index in [9.17, 15) is 9.59 Å². The number of carbonyl (C=O) groups excluding carboxylic acids is 2. The van der Waals surface area contributed by atoms with Crippen LogP contribution in [0, 0.1) is 6.92 Å². The Hall–Kier alpha value is -2.64. The standard InChI is InChI=1S/C23H35N5O3/c1-15(2)24-21(30)23(10-8-7-9-11-23)18-14-19(26-28(18)22(4,5)6)25-20(29)13-17-12-16(3)27-31-17/h12,14-15H,7-11,13H2,1-6H3,(H,24,30)(H,25,26,29). The third-order valence-corrected chi connectivity index (χ3v) is 5.68. The molecule has 1 aliphatic carbocycles. The summed E-state index contributed by atoms with van der Waals surface area (Å²) in [5.74, 6) is 0.771. The maximum atomic E-state index is 13.4. The summed E-state index contributed by atoms with van der Waals surface area (Å²) >= 11 is 0. The number of nitrogens with one attached hydrogen (secondary N) is 2. The van der Waals surface area contributed by atoms with Gasteiger partial charge in [0.15, 0.2) is 5.82 Å². The highest BCUT2D eigenvalue weighted by Gasteiger charge is 2.45. The second-order valence-electron chi connectivity index (χ2n) is 9.93. The van der Waals surface area contributed by atoms with E-state index in [4.69, 9.17) is 9.62 Å². The lowest BCUT2D eigenvalue weighted by Crippen LogP contribution is -2.50. The smallest absolute Gasteiger partial charge is 0.233 e. The molecule has 0 radical (unpaired) electrons. The molecular weight excluding hydrogens is 394 g/mol. The number of nitrogens with zero attached hydrogens (tertiary/aromatic N) is 3. The van der Waals surface area contributed by atoms with Crippen molar-refractivity contribution in [2.45, 2.75) is 97.1 Å². The van der Waals surface area contributed by atoms with Crippen LogP contribution >= 0.6 is 0 Å². The molecule has 2 N–H and O–H groups in total. The zero-order chi connectivity index (χ0) is 22.8. The fourth-order valence-electron chi connectivity index (χ4n) is 4.29. The van der Waals surface area contributed by atoms with Gasteiger partial charge in [-0.3, -0.25) is 14.3 Å². The van der Waals surface area contributed by atoms with Crippen LogP contribution in [-0.4, -0.2) is 32.8 Å². The highest BCUT2D eigenvalue weighted by molar-refractivity contribution is 5.92. The van der Waals surface area contributed by atoms with Crippen molar-refractivity contribution in [1.82, 2.24) is 20.3 Å². The largest absolute Gasteiger partial charge is 0.361 e. The van der Waals surface area contributed by atoms with E-state index in [0.29, 0.717) is 11.6 Å². The summed E-state index contributed by atoms with van der Waals surface area (Å²) in [5, 5.41) is 14.5. The summed E-state index contributed by atoms with van der Waals surface area (Å²) in [4.78, 5) is 26.0.